The van der Waals surface area contributed by atoms with Crippen LogP contribution >= 0.6 is 0 Å². The second kappa shape index (κ2) is 3.68. The minimum atomic E-state index is -1.39. The van der Waals surface area contributed by atoms with Crippen molar-refractivity contribution in [3.63, 3.8) is 0 Å². The summed E-state index contributed by atoms with van der Waals surface area (Å²) in [5.74, 6) is 0. The number of hydrogen-bond acceptors (Lipinski definition) is 2. The lowest BCUT2D eigenvalue weighted by molar-refractivity contribution is 0.425. The van der Waals surface area contributed by atoms with Crippen LogP contribution in [0.15, 0.2) is 30.3 Å². The Hall–Kier alpha value is -1.32. The first kappa shape index (κ1) is 10.2. The van der Waals surface area contributed by atoms with Gasteiger partial charge in [-0.15, -0.1) is 0 Å². The van der Waals surface area contributed by atoms with Crippen molar-refractivity contribution in [3.05, 3.63) is 41.5 Å². The Bertz CT molecular complexity index is 506. The summed E-state index contributed by atoms with van der Waals surface area (Å²) in [4.78, 5) is 0. The van der Waals surface area contributed by atoms with Gasteiger partial charge >= 0.3 is 7.12 Å². The number of fused-ring (bicyclic) bond motifs is 1. The minimum Gasteiger partial charge on any atom is -0.423 e. The number of hydrogen-bond donors (Lipinski definition) is 2. The van der Waals surface area contributed by atoms with Gasteiger partial charge in [-0.1, -0.05) is 35.9 Å². The van der Waals surface area contributed by atoms with Gasteiger partial charge in [0.25, 0.3) is 0 Å². The second-order valence-corrected chi connectivity index (χ2v) is 3.83. The normalized spacial score (nSPS) is 10.7. The van der Waals surface area contributed by atoms with E-state index in [0.717, 1.165) is 21.9 Å². The molecule has 0 radical (unpaired) electrons. The first-order valence-corrected chi connectivity index (χ1v) is 4.96. The van der Waals surface area contributed by atoms with Crippen molar-refractivity contribution >= 4 is 23.4 Å². The Morgan fingerprint density at radius 3 is 2.40 bits per heavy atom. The largest absolute Gasteiger partial charge is 0.488 e. The zero-order chi connectivity index (χ0) is 11.0. The van der Waals surface area contributed by atoms with Gasteiger partial charge in [0.1, 0.15) is 0 Å². The lowest BCUT2D eigenvalue weighted by atomic mass is 9.73. The third kappa shape index (κ3) is 1.64. The number of aryl methyl sites for hydroxylation is 2. The molecule has 0 unspecified atom stereocenters. The fourth-order valence-electron chi connectivity index (χ4n) is 2.11. The van der Waals surface area contributed by atoms with Gasteiger partial charge in [0.15, 0.2) is 0 Å². The van der Waals surface area contributed by atoms with Crippen LogP contribution in [0.5, 0.6) is 0 Å². The van der Waals surface area contributed by atoms with E-state index >= 15 is 0 Å². The van der Waals surface area contributed by atoms with E-state index in [2.05, 4.69) is 0 Å². The standard InChI is InChI=1S/C12H13BO2/c1-8-7-10-5-3-4-6-11(10)9(2)12(8)13(14)15/h3-7,14-15H,1-2H3. The summed E-state index contributed by atoms with van der Waals surface area (Å²) in [6.07, 6.45) is 0. The van der Waals surface area contributed by atoms with Gasteiger partial charge in [-0.25, -0.2) is 0 Å². The van der Waals surface area contributed by atoms with Crippen LogP contribution in [-0.2, 0) is 0 Å². The molecule has 2 aromatic carbocycles. The third-order valence-corrected chi connectivity index (χ3v) is 2.82. The molecular weight excluding hydrogens is 187 g/mol. The molecule has 0 aliphatic carbocycles. The monoisotopic (exact) mass is 200 g/mol. The highest BCUT2D eigenvalue weighted by Crippen LogP contribution is 2.18. The molecule has 2 N–H and O–H groups in total. The van der Waals surface area contributed by atoms with Crippen molar-refractivity contribution in [1.82, 2.24) is 0 Å². The van der Waals surface area contributed by atoms with Crippen molar-refractivity contribution < 1.29 is 10.0 Å². The fraction of sp³-hybridized carbons (Fsp3) is 0.167. The van der Waals surface area contributed by atoms with Gasteiger partial charge in [-0.3, -0.25) is 0 Å². The van der Waals surface area contributed by atoms with E-state index in [1.807, 2.05) is 44.2 Å². The predicted octanol–water partition coefficient (Wildman–Crippen LogP) is 1.14. The summed E-state index contributed by atoms with van der Waals surface area (Å²) in [5, 5.41) is 20.8. The summed E-state index contributed by atoms with van der Waals surface area (Å²) < 4.78 is 0. The topological polar surface area (TPSA) is 40.5 Å². The molecule has 0 aliphatic rings. The SMILES string of the molecule is Cc1cc2ccccc2c(C)c1B(O)O. The molecule has 3 heteroatoms. The maximum atomic E-state index is 9.30. The Labute approximate surface area is 89.3 Å². The summed E-state index contributed by atoms with van der Waals surface area (Å²) >= 11 is 0. The molecule has 0 heterocycles. The van der Waals surface area contributed by atoms with E-state index < -0.39 is 7.12 Å². The quantitative estimate of drug-likeness (QED) is 0.677. The molecule has 76 valence electrons. The van der Waals surface area contributed by atoms with Crippen molar-refractivity contribution in [3.8, 4) is 0 Å². The molecule has 15 heavy (non-hydrogen) atoms. The van der Waals surface area contributed by atoms with Gasteiger partial charge in [-0.05, 0) is 35.6 Å². The van der Waals surface area contributed by atoms with Crippen LogP contribution < -0.4 is 5.46 Å². The molecule has 0 saturated heterocycles. The highest BCUT2D eigenvalue weighted by molar-refractivity contribution is 6.60. The van der Waals surface area contributed by atoms with Crippen molar-refractivity contribution in [2.24, 2.45) is 0 Å². The molecule has 0 bridgehead atoms. The average Bonchev–Trinajstić information content (AvgIpc) is 2.17. The van der Waals surface area contributed by atoms with Gasteiger partial charge in [0, 0.05) is 0 Å². The third-order valence-electron chi connectivity index (χ3n) is 2.82. The average molecular weight is 200 g/mol. The molecule has 0 fully saturated rings. The van der Waals surface area contributed by atoms with Crippen molar-refractivity contribution in [2.75, 3.05) is 0 Å². The van der Waals surface area contributed by atoms with Crippen LogP contribution in [0, 0.1) is 13.8 Å². The molecule has 0 atom stereocenters. The Morgan fingerprint density at radius 1 is 1.07 bits per heavy atom. The van der Waals surface area contributed by atoms with Crippen LogP contribution in [-0.4, -0.2) is 17.2 Å². The van der Waals surface area contributed by atoms with E-state index in [1.165, 1.54) is 0 Å². The lowest BCUT2D eigenvalue weighted by Gasteiger charge is -2.12. The second-order valence-electron chi connectivity index (χ2n) is 3.83. The molecule has 2 nitrogen and oxygen atoms in total. The predicted molar refractivity (Wildman–Crippen MR) is 63.2 cm³/mol. The Balaban J connectivity index is 2.84. The van der Waals surface area contributed by atoms with E-state index in [9.17, 15) is 10.0 Å². The Morgan fingerprint density at radius 2 is 1.73 bits per heavy atom. The van der Waals surface area contributed by atoms with Crippen molar-refractivity contribution in [1.29, 1.82) is 0 Å². The molecule has 0 aromatic heterocycles. The smallest absolute Gasteiger partial charge is 0.423 e. The Kier molecular flexibility index (Phi) is 2.51. The summed E-state index contributed by atoms with van der Waals surface area (Å²) in [7, 11) is -1.39. The number of rotatable bonds is 1. The summed E-state index contributed by atoms with van der Waals surface area (Å²) in [6, 6.07) is 9.95. The van der Waals surface area contributed by atoms with E-state index in [0.29, 0.717) is 5.46 Å². The zero-order valence-electron chi connectivity index (χ0n) is 8.86. The van der Waals surface area contributed by atoms with Crippen LogP contribution in [0.4, 0.5) is 0 Å². The highest BCUT2D eigenvalue weighted by Gasteiger charge is 2.18. The highest BCUT2D eigenvalue weighted by atomic mass is 16.4. The van der Waals surface area contributed by atoms with Gasteiger partial charge in [0.2, 0.25) is 0 Å². The fourth-order valence-corrected chi connectivity index (χ4v) is 2.11. The molecule has 0 amide bonds. The lowest BCUT2D eigenvalue weighted by Crippen LogP contribution is -2.34. The maximum absolute atomic E-state index is 9.30. The van der Waals surface area contributed by atoms with Crippen LogP contribution in [0.1, 0.15) is 11.1 Å². The van der Waals surface area contributed by atoms with Crippen LogP contribution in [0.2, 0.25) is 0 Å². The van der Waals surface area contributed by atoms with Crippen LogP contribution in [0.25, 0.3) is 10.8 Å². The molecule has 2 aromatic rings. The number of benzene rings is 2. The van der Waals surface area contributed by atoms with E-state index in [-0.39, 0.29) is 0 Å². The molecule has 0 saturated carbocycles. The van der Waals surface area contributed by atoms with Gasteiger partial charge < -0.3 is 10.0 Å². The molecule has 0 spiro atoms. The maximum Gasteiger partial charge on any atom is 0.488 e. The van der Waals surface area contributed by atoms with Gasteiger partial charge in [-0.2, -0.15) is 0 Å². The zero-order valence-corrected chi connectivity index (χ0v) is 8.86. The molecule has 2 rings (SSSR count). The summed E-state index contributed by atoms with van der Waals surface area (Å²) in [5.41, 5.74) is 2.48. The van der Waals surface area contributed by atoms with E-state index in [4.69, 9.17) is 0 Å². The van der Waals surface area contributed by atoms with Gasteiger partial charge in [0.05, 0.1) is 0 Å². The van der Waals surface area contributed by atoms with Crippen molar-refractivity contribution in [2.45, 2.75) is 13.8 Å². The first-order valence-electron chi connectivity index (χ1n) is 4.96. The minimum absolute atomic E-state index is 0.619. The summed E-state index contributed by atoms with van der Waals surface area (Å²) in [6.45, 7) is 3.82. The molecule has 0 aliphatic heterocycles. The van der Waals surface area contributed by atoms with E-state index in [1.54, 1.807) is 0 Å². The first-order chi connectivity index (χ1) is 7.11. The molecular formula is C12H13BO2. The van der Waals surface area contributed by atoms with Crippen LogP contribution in [0.3, 0.4) is 0 Å².